The van der Waals surface area contributed by atoms with Crippen molar-refractivity contribution in [2.75, 3.05) is 13.2 Å². The molecule has 1 heterocycles. The molecule has 1 aliphatic rings. The van der Waals surface area contributed by atoms with E-state index < -0.39 is 0 Å². The zero-order valence-electron chi connectivity index (χ0n) is 10.9. The van der Waals surface area contributed by atoms with Gasteiger partial charge in [0.05, 0.1) is 6.61 Å². The highest BCUT2D eigenvalue weighted by Gasteiger charge is 2.31. The molecule has 0 saturated heterocycles. The average molecular weight is 290 g/mol. The van der Waals surface area contributed by atoms with Crippen LogP contribution in [0.5, 0.6) is 11.5 Å². The van der Waals surface area contributed by atoms with E-state index in [2.05, 4.69) is 0 Å². The van der Waals surface area contributed by atoms with Gasteiger partial charge in [-0.1, -0.05) is 29.8 Å². The fourth-order valence-corrected chi connectivity index (χ4v) is 3.03. The minimum Gasteiger partial charge on any atom is -0.457 e. The number of rotatable bonds is 2. The number of hydrogen-bond donors (Lipinski definition) is 2. The lowest BCUT2D eigenvalue weighted by Gasteiger charge is -2.23. The maximum absolute atomic E-state index is 9.82. The highest BCUT2D eigenvalue weighted by atomic mass is 35.5. The summed E-state index contributed by atoms with van der Waals surface area (Å²) in [5, 5.41) is 10.5. The minimum absolute atomic E-state index is 0.0163. The number of aliphatic hydroxyl groups is 1. The average Bonchev–Trinajstić information content (AvgIpc) is 2.60. The Morgan fingerprint density at radius 3 is 2.55 bits per heavy atom. The summed E-state index contributed by atoms with van der Waals surface area (Å²) in [5.41, 5.74) is 7.89. The number of halogens is 1. The van der Waals surface area contributed by atoms with Crippen molar-refractivity contribution in [3.63, 3.8) is 0 Å². The summed E-state index contributed by atoms with van der Waals surface area (Å²) in [6, 6.07) is 13.3. The third-order valence-electron chi connectivity index (χ3n) is 3.85. The first-order valence-corrected chi connectivity index (χ1v) is 6.99. The molecule has 0 radical (unpaired) electrons. The smallest absolute Gasteiger partial charge is 0.131 e. The van der Waals surface area contributed by atoms with Crippen molar-refractivity contribution in [2.45, 2.75) is 11.8 Å². The van der Waals surface area contributed by atoms with Gasteiger partial charge < -0.3 is 15.6 Å². The van der Waals surface area contributed by atoms with Gasteiger partial charge in [0.15, 0.2) is 0 Å². The van der Waals surface area contributed by atoms with Crippen molar-refractivity contribution in [1.29, 1.82) is 0 Å². The van der Waals surface area contributed by atoms with E-state index in [1.807, 2.05) is 36.4 Å². The molecule has 1 aliphatic heterocycles. The van der Waals surface area contributed by atoms with E-state index >= 15 is 0 Å². The van der Waals surface area contributed by atoms with Gasteiger partial charge in [-0.15, -0.1) is 0 Å². The molecule has 2 unspecified atom stereocenters. The molecule has 20 heavy (non-hydrogen) atoms. The number of ether oxygens (including phenoxy) is 1. The first-order chi connectivity index (χ1) is 9.74. The van der Waals surface area contributed by atoms with Gasteiger partial charge in [0, 0.05) is 28.0 Å². The van der Waals surface area contributed by atoms with E-state index in [4.69, 9.17) is 22.1 Å². The second kappa shape index (κ2) is 5.44. The lowest BCUT2D eigenvalue weighted by molar-refractivity contribution is 0.249. The van der Waals surface area contributed by atoms with Crippen LogP contribution in [0, 0.1) is 0 Å². The van der Waals surface area contributed by atoms with Gasteiger partial charge in [0.1, 0.15) is 11.5 Å². The molecule has 0 aromatic heterocycles. The number of aliphatic hydroxyl groups excluding tert-OH is 1. The molecule has 2 atom stereocenters. The van der Waals surface area contributed by atoms with E-state index in [9.17, 15) is 5.11 Å². The topological polar surface area (TPSA) is 55.5 Å². The van der Waals surface area contributed by atoms with E-state index in [0.29, 0.717) is 11.6 Å². The largest absolute Gasteiger partial charge is 0.457 e. The molecule has 0 saturated carbocycles. The Hall–Kier alpha value is -1.55. The van der Waals surface area contributed by atoms with Gasteiger partial charge in [0.25, 0.3) is 0 Å². The highest BCUT2D eigenvalue weighted by Crippen LogP contribution is 2.46. The second-order valence-corrected chi connectivity index (χ2v) is 5.39. The summed E-state index contributed by atoms with van der Waals surface area (Å²) in [6.45, 7) is 0.449. The van der Waals surface area contributed by atoms with Crippen molar-refractivity contribution in [3.05, 3.63) is 58.6 Å². The normalized spacial score (nSPS) is 20.6. The molecule has 0 amide bonds. The Bertz CT molecular complexity index is 630. The molecule has 2 aromatic rings. The molecule has 0 aliphatic carbocycles. The summed E-state index contributed by atoms with van der Waals surface area (Å²) < 4.78 is 6.00. The molecule has 104 valence electrons. The van der Waals surface area contributed by atoms with Crippen LogP contribution in [0.15, 0.2) is 42.5 Å². The Kier molecular flexibility index (Phi) is 3.66. The van der Waals surface area contributed by atoms with Gasteiger partial charge in [-0.3, -0.25) is 0 Å². The molecule has 0 spiro atoms. The molecule has 2 aromatic carbocycles. The standard InChI is InChI=1S/C16H16ClNO2/c17-10-5-6-16-12(7-10)13(8-18)14(9-19)11-3-1-2-4-15(11)20-16/h1-7,13-14,19H,8-9,18H2. The number of benzene rings is 2. The Labute approximate surface area is 122 Å². The van der Waals surface area contributed by atoms with Crippen molar-refractivity contribution in [2.24, 2.45) is 5.73 Å². The fourth-order valence-electron chi connectivity index (χ4n) is 2.85. The number of fused-ring (bicyclic) bond motifs is 2. The first-order valence-electron chi connectivity index (χ1n) is 6.61. The zero-order valence-corrected chi connectivity index (χ0v) is 11.7. The molecular formula is C16H16ClNO2. The van der Waals surface area contributed by atoms with Crippen molar-refractivity contribution in [1.82, 2.24) is 0 Å². The Morgan fingerprint density at radius 2 is 1.80 bits per heavy atom. The van der Waals surface area contributed by atoms with Crippen LogP contribution in [0.3, 0.4) is 0 Å². The molecule has 3 N–H and O–H groups in total. The third kappa shape index (κ3) is 2.18. The number of hydrogen-bond acceptors (Lipinski definition) is 3. The molecule has 4 heteroatoms. The number of nitrogens with two attached hydrogens (primary N) is 1. The van der Waals surface area contributed by atoms with Crippen LogP contribution in [0.4, 0.5) is 0 Å². The van der Waals surface area contributed by atoms with Gasteiger partial charge in [0.2, 0.25) is 0 Å². The summed E-state index contributed by atoms with van der Waals surface area (Å²) >= 11 is 6.10. The summed E-state index contributed by atoms with van der Waals surface area (Å²) in [5.74, 6) is 1.42. The van der Waals surface area contributed by atoms with Gasteiger partial charge in [-0.2, -0.15) is 0 Å². The van der Waals surface area contributed by atoms with Crippen molar-refractivity contribution >= 4 is 11.6 Å². The van der Waals surface area contributed by atoms with Crippen LogP contribution in [0.2, 0.25) is 5.02 Å². The molecule has 0 bridgehead atoms. The fraction of sp³-hybridized carbons (Fsp3) is 0.250. The van der Waals surface area contributed by atoms with E-state index in [0.717, 1.165) is 22.6 Å². The third-order valence-corrected chi connectivity index (χ3v) is 4.08. The van der Waals surface area contributed by atoms with Crippen LogP contribution in [0.25, 0.3) is 0 Å². The van der Waals surface area contributed by atoms with E-state index in [-0.39, 0.29) is 18.4 Å². The highest BCUT2D eigenvalue weighted by molar-refractivity contribution is 6.30. The summed E-state index contributed by atoms with van der Waals surface area (Å²) in [6.07, 6.45) is 0. The summed E-state index contributed by atoms with van der Waals surface area (Å²) in [7, 11) is 0. The van der Waals surface area contributed by atoms with Gasteiger partial charge in [-0.05, 0) is 30.8 Å². The van der Waals surface area contributed by atoms with Crippen LogP contribution >= 0.6 is 11.6 Å². The SMILES string of the molecule is NCC1c2cc(Cl)ccc2Oc2ccccc2C1CO. The molecule has 0 fully saturated rings. The maximum Gasteiger partial charge on any atom is 0.131 e. The van der Waals surface area contributed by atoms with Crippen LogP contribution < -0.4 is 10.5 Å². The predicted molar refractivity (Wildman–Crippen MR) is 79.6 cm³/mol. The monoisotopic (exact) mass is 289 g/mol. The number of para-hydroxylation sites is 1. The minimum atomic E-state index is -0.0871. The van der Waals surface area contributed by atoms with Crippen LogP contribution in [0.1, 0.15) is 23.0 Å². The zero-order chi connectivity index (χ0) is 14.1. The first kappa shape index (κ1) is 13.4. The van der Waals surface area contributed by atoms with Crippen molar-refractivity contribution < 1.29 is 9.84 Å². The van der Waals surface area contributed by atoms with E-state index in [1.165, 1.54) is 0 Å². The Balaban J connectivity index is 2.21. The lowest BCUT2D eigenvalue weighted by Crippen LogP contribution is -2.22. The molecule has 3 nitrogen and oxygen atoms in total. The quantitative estimate of drug-likeness (QED) is 0.892. The Morgan fingerprint density at radius 1 is 1.05 bits per heavy atom. The van der Waals surface area contributed by atoms with Crippen LogP contribution in [-0.2, 0) is 0 Å². The van der Waals surface area contributed by atoms with Gasteiger partial charge >= 0.3 is 0 Å². The lowest BCUT2D eigenvalue weighted by atomic mass is 9.82. The van der Waals surface area contributed by atoms with Crippen molar-refractivity contribution in [3.8, 4) is 11.5 Å². The predicted octanol–water partition coefficient (Wildman–Crippen LogP) is 3.26. The second-order valence-electron chi connectivity index (χ2n) is 4.95. The molecular weight excluding hydrogens is 274 g/mol. The van der Waals surface area contributed by atoms with E-state index in [1.54, 1.807) is 6.07 Å². The van der Waals surface area contributed by atoms with Gasteiger partial charge in [-0.25, -0.2) is 0 Å². The molecule has 3 rings (SSSR count). The summed E-state index contributed by atoms with van der Waals surface area (Å²) in [4.78, 5) is 0. The van der Waals surface area contributed by atoms with Crippen LogP contribution in [-0.4, -0.2) is 18.3 Å². The maximum atomic E-state index is 9.82.